The number of H-pyrrole nitrogens is 1. The minimum Gasteiger partial charge on any atom is -0.508 e. The van der Waals surface area contributed by atoms with Gasteiger partial charge in [0.25, 0.3) is 10.9 Å². The predicted molar refractivity (Wildman–Crippen MR) is 101 cm³/mol. The molecule has 4 rings (SSSR count). The molecule has 3 aromatic carbocycles. The van der Waals surface area contributed by atoms with Crippen LogP contribution in [-0.4, -0.2) is 15.1 Å². The fourth-order valence-corrected chi connectivity index (χ4v) is 2.90. The standard InChI is InChI=1S/C19H16N4O3/c1-10-5-14-15(22-9-21-14)7-13(10)23-17-16(18(25)19(17)26)20-8-11-3-2-4-12(24)6-11/h2-7,9,20,23-24H,8H2,1H3,(H,21,22). The molecule has 0 aliphatic rings. The molecule has 0 bridgehead atoms. The molecule has 0 spiro atoms. The van der Waals surface area contributed by atoms with Gasteiger partial charge in [0.2, 0.25) is 0 Å². The second kappa shape index (κ2) is 6.03. The van der Waals surface area contributed by atoms with Gasteiger partial charge in [0, 0.05) is 12.2 Å². The number of nitrogens with one attached hydrogen (secondary N) is 3. The molecule has 7 heteroatoms. The Labute approximate surface area is 148 Å². The first-order chi connectivity index (χ1) is 12.5. The summed E-state index contributed by atoms with van der Waals surface area (Å²) in [4.78, 5) is 31.2. The van der Waals surface area contributed by atoms with Gasteiger partial charge in [0.05, 0.1) is 17.4 Å². The monoisotopic (exact) mass is 348 g/mol. The van der Waals surface area contributed by atoms with E-state index >= 15 is 0 Å². The number of hydrogen-bond donors (Lipinski definition) is 4. The summed E-state index contributed by atoms with van der Waals surface area (Å²) in [5.74, 6) is 0.149. The maximum atomic E-state index is 12.0. The van der Waals surface area contributed by atoms with Crippen molar-refractivity contribution in [1.29, 1.82) is 0 Å². The zero-order chi connectivity index (χ0) is 18.3. The number of nitrogens with zero attached hydrogens (tertiary/aromatic N) is 1. The highest BCUT2D eigenvalue weighted by molar-refractivity contribution is 5.85. The van der Waals surface area contributed by atoms with Crippen molar-refractivity contribution in [3.8, 4) is 5.75 Å². The van der Waals surface area contributed by atoms with Crippen LogP contribution in [0.5, 0.6) is 5.75 Å². The van der Waals surface area contributed by atoms with Crippen LogP contribution >= 0.6 is 0 Å². The van der Waals surface area contributed by atoms with Gasteiger partial charge in [-0.25, -0.2) is 4.98 Å². The highest BCUT2D eigenvalue weighted by Crippen LogP contribution is 2.27. The molecule has 1 heterocycles. The van der Waals surface area contributed by atoms with Gasteiger partial charge in [-0.15, -0.1) is 0 Å². The Bertz CT molecular complexity index is 1190. The van der Waals surface area contributed by atoms with Crippen LogP contribution in [0.2, 0.25) is 0 Å². The minimum atomic E-state index is -0.551. The van der Waals surface area contributed by atoms with E-state index in [2.05, 4.69) is 20.6 Å². The molecule has 26 heavy (non-hydrogen) atoms. The lowest BCUT2D eigenvalue weighted by molar-refractivity contribution is 0.474. The number of aryl methyl sites for hydroxylation is 1. The topological polar surface area (TPSA) is 107 Å². The van der Waals surface area contributed by atoms with E-state index in [0.29, 0.717) is 6.54 Å². The van der Waals surface area contributed by atoms with Gasteiger partial charge in [-0.3, -0.25) is 9.59 Å². The number of hydrogen-bond acceptors (Lipinski definition) is 6. The molecule has 0 fully saturated rings. The average Bonchev–Trinajstić information content (AvgIpc) is 3.07. The number of benzene rings is 2. The van der Waals surface area contributed by atoms with Gasteiger partial charge in [0.1, 0.15) is 17.1 Å². The zero-order valence-corrected chi connectivity index (χ0v) is 14.0. The van der Waals surface area contributed by atoms with Crippen LogP contribution in [0, 0.1) is 6.92 Å². The number of imidazole rings is 1. The number of phenols is 1. The van der Waals surface area contributed by atoms with Crippen molar-refractivity contribution >= 4 is 28.1 Å². The van der Waals surface area contributed by atoms with E-state index in [4.69, 9.17) is 0 Å². The highest BCUT2D eigenvalue weighted by Gasteiger charge is 2.21. The fourth-order valence-electron chi connectivity index (χ4n) is 2.90. The van der Waals surface area contributed by atoms with Crippen LogP contribution in [0.25, 0.3) is 11.0 Å². The average molecular weight is 348 g/mol. The van der Waals surface area contributed by atoms with Gasteiger partial charge < -0.3 is 20.7 Å². The summed E-state index contributed by atoms with van der Waals surface area (Å²) < 4.78 is 0. The van der Waals surface area contributed by atoms with Gasteiger partial charge >= 0.3 is 0 Å². The molecule has 4 N–H and O–H groups in total. The normalized spacial score (nSPS) is 11.1. The van der Waals surface area contributed by atoms with Crippen molar-refractivity contribution in [3.63, 3.8) is 0 Å². The van der Waals surface area contributed by atoms with E-state index in [1.165, 1.54) is 0 Å². The molecule has 130 valence electrons. The highest BCUT2D eigenvalue weighted by atomic mass is 16.3. The van der Waals surface area contributed by atoms with Gasteiger partial charge in [0.15, 0.2) is 0 Å². The molecule has 0 aliphatic carbocycles. The van der Waals surface area contributed by atoms with Crippen LogP contribution < -0.4 is 21.5 Å². The van der Waals surface area contributed by atoms with Crippen molar-refractivity contribution in [3.05, 3.63) is 74.3 Å². The van der Waals surface area contributed by atoms with Gasteiger partial charge in [-0.05, 0) is 42.3 Å². The lowest BCUT2D eigenvalue weighted by Crippen LogP contribution is -2.36. The molecule has 4 aromatic rings. The number of aromatic hydroxyl groups is 1. The molecule has 0 amide bonds. The summed E-state index contributed by atoms with van der Waals surface area (Å²) >= 11 is 0. The summed E-state index contributed by atoms with van der Waals surface area (Å²) in [5, 5.41) is 15.5. The summed E-state index contributed by atoms with van der Waals surface area (Å²) in [6.45, 7) is 2.24. The molecule has 0 unspecified atom stereocenters. The first-order valence-corrected chi connectivity index (χ1v) is 8.09. The summed E-state index contributed by atoms with van der Waals surface area (Å²) in [5.41, 5.74) is 3.51. The number of rotatable bonds is 5. The van der Waals surface area contributed by atoms with Crippen molar-refractivity contribution in [2.24, 2.45) is 0 Å². The first kappa shape index (κ1) is 15.9. The SMILES string of the molecule is Cc1cc2[nH]cnc2cc1Nc1c(NCc2cccc(O)c2)c(=O)c1=O. The smallest absolute Gasteiger partial charge is 0.253 e. The molecular weight excluding hydrogens is 332 g/mol. The van der Waals surface area contributed by atoms with E-state index in [9.17, 15) is 14.7 Å². The Balaban J connectivity index is 1.59. The van der Waals surface area contributed by atoms with Crippen LogP contribution in [0.15, 0.2) is 52.3 Å². The van der Waals surface area contributed by atoms with Crippen molar-refractivity contribution in [2.75, 3.05) is 10.6 Å². The summed E-state index contributed by atoms with van der Waals surface area (Å²) in [6, 6.07) is 10.5. The number of fused-ring (bicyclic) bond motifs is 1. The number of aromatic nitrogens is 2. The largest absolute Gasteiger partial charge is 0.508 e. The quantitative estimate of drug-likeness (QED) is 0.413. The van der Waals surface area contributed by atoms with Crippen LogP contribution in [0.4, 0.5) is 17.1 Å². The Hall–Kier alpha value is -3.61. The first-order valence-electron chi connectivity index (χ1n) is 8.09. The van der Waals surface area contributed by atoms with Gasteiger partial charge in [-0.1, -0.05) is 12.1 Å². The maximum Gasteiger partial charge on any atom is 0.253 e. The predicted octanol–water partition coefficient (Wildman–Crippen LogP) is 2.53. The second-order valence-corrected chi connectivity index (χ2v) is 6.14. The second-order valence-electron chi connectivity index (χ2n) is 6.14. The Morgan fingerprint density at radius 2 is 1.92 bits per heavy atom. The Kier molecular flexibility index (Phi) is 3.69. The van der Waals surface area contributed by atoms with Gasteiger partial charge in [-0.2, -0.15) is 0 Å². The molecule has 0 aliphatic heterocycles. The number of aromatic amines is 1. The van der Waals surface area contributed by atoms with E-state index in [1.54, 1.807) is 24.5 Å². The van der Waals surface area contributed by atoms with E-state index in [-0.39, 0.29) is 17.1 Å². The zero-order valence-electron chi connectivity index (χ0n) is 14.0. The lowest BCUT2D eigenvalue weighted by Gasteiger charge is -2.16. The molecule has 0 saturated heterocycles. The van der Waals surface area contributed by atoms with Crippen LogP contribution in [0.3, 0.4) is 0 Å². The molecule has 1 aromatic heterocycles. The Morgan fingerprint density at radius 3 is 2.73 bits per heavy atom. The van der Waals surface area contributed by atoms with Crippen molar-refractivity contribution < 1.29 is 5.11 Å². The number of anilines is 3. The molecule has 0 atom stereocenters. The minimum absolute atomic E-state index is 0.149. The third-order valence-electron chi connectivity index (χ3n) is 4.32. The molecule has 0 saturated carbocycles. The van der Waals surface area contributed by atoms with Crippen molar-refractivity contribution in [1.82, 2.24) is 9.97 Å². The molecule has 7 nitrogen and oxygen atoms in total. The van der Waals surface area contributed by atoms with Crippen LogP contribution in [-0.2, 0) is 6.54 Å². The maximum absolute atomic E-state index is 12.0. The van der Waals surface area contributed by atoms with E-state index in [1.807, 2.05) is 25.1 Å². The molecule has 0 radical (unpaired) electrons. The lowest BCUT2D eigenvalue weighted by atomic mass is 10.1. The summed E-state index contributed by atoms with van der Waals surface area (Å²) in [7, 11) is 0. The molecular formula is C19H16N4O3. The Morgan fingerprint density at radius 1 is 1.12 bits per heavy atom. The third kappa shape index (κ3) is 2.69. The van der Waals surface area contributed by atoms with Crippen LogP contribution in [0.1, 0.15) is 11.1 Å². The summed E-state index contributed by atoms with van der Waals surface area (Å²) in [6.07, 6.45) is 1.60. The number of phenolic OH excluding ortho intramolecular Hbond substituents is 1. The van der Waals surface area contributed by atoms with E-state index in [0.717, 1.165) is 27.8 Å². The van der Waals surface area contributed by atoms with E-state index < -0.39 is 10.9 Å². The third-order valence-corrected chi connectivity index (χ3v) is 4.32. The fraction of sp³-hybridized carbons (Fsp3) is 0.105. The van der Waals surface area contributed by atoms with Crippen molar-refractivity contribution in [2.45, 2.75) is 13.5 Å².